The van der Waals surface area contributed by atoms with Crippen LogP contribution in [0.5, 0.6) is 11.5 Å². The number of anilines is 2. The van der Waals surface area contributed by atoms with Crippen molar-refractivity contribution in [1.29, 1.82) is 0 Å². The minimum absolute atomic E-state index is 0.114. The molecule has 30 heavy (non-hydrogen) atoms. The van der Waals surface area contributed by atoms with E-state index in [9.17, 15) is 9.59 Å². The lowest BCUT2D eigenvalue weighted by Gasteiger charge is -2.19. The Morgan fingerprint density at radius 3 is 2.63 bits per heavy atom. The van der Waals surface area contributed by atoms with Crippen LogP contribution >= 0.6 is 11.3 Å². The van der Waals surface area contributed by atoms with Crippen molar-refractivity contribution in [3.63, 3.8) is 0 Å². The summed E-state index contributed by atoms with van der Waals surface area (Å²) in [6.07, 6.45) is 1.48. The van der Waals surface area contributed by atoms with Crippen LogP contribution in [0.4, 0.5) is 10.8 Å². The number of nitrogens with one attached hydrogen (secondary N) is 2. The Balaban J connectivity index is 1.29. The second kappa shape index (κ2) is 7.79. The number of hydrogen-bond acceptors (Lipinski definition) is 6. The van der Waals surface area contributed by atoms with Gasteiger partial charge in [-0.3, -0.25) is 14.9 Å². The van der Waals surface area contributed by atoms with Gasteiger partial charge in [-0.2, -0.15) is 0 Å². The smallest absolute Gasteiger partial charge is 0.257 e. The van der Waals surface area contributed by atoms with E-state index in [-0.39, 0.29) is 17.7 Å². The highest BCUT2D eigenvalue weighted by atomic mass is 32.1. The fraction of sp³-hybridized carbons (Fsp3) is 0.227. The number of ether oxygens (including phenoxy) is 2. The standard InChI is InChI=1S/C22H19N3O4S/c26-20(13-4-2-1-3-5-13)25-22-24-19-15(7-9-18(19)30-22)21(27)23-14-6-8-16-17(12-14)29-11-10-28-16/h1-6,8,12,15H,7,9-11H2,(H,23,27)(H,24,25,26)/t15-/m0/s1. The lowest BCUT2D eigenvalue weighted by Crippen LogP contribution is -2.20. The second-order valence-electron chi connectivity index (χ2n) is 7.09. The normalized spacial score (nSPS) is 16.6. The molecule has 3 aromatic rings. The predicted octanol–water partition coefficient (Wildman–Crippen LogP) is 3.84. The topological polar surface area (TPSA) is 89.6 Å². The average molecular weight is 421 g/mol. The van der Waals surface area contributed by atoms with Gasteiger partial charge in [0.15, 0.2) is 16.6 Å². The van der Waals surface area contributed by atoms with Gasteiger partial charge in [-0.1, -0.05) is 18.2 Å². The van der Waals surface area contributed by atoms with Crippen LogP contribution in [0.25, 0.3) is 0 Å². The molecule has 0 fully saturated rings. The Hall–Kier alpha value is -3.39. The highest BCUT2D eigenvalue weighted by Gasteiger charge is 2.33. The first-order valence-electron chi connectivity index (χ1n) is 9.74. The molecule has 8 heteroatoms. The van der Waals surface area contributed by atoms with E-state index in [0.717, 1.165) is 17.0 Å². The maximum atomic E-state index is 12.9. The van der Waals surface area contributed by atoms with Crippen LogP contribution in [0.2, 0.25) is 0 Å². The van der Waals surface area contributed by atoms with Crippen molar-refractivity contribution >= 4 is 34.0 Å². The summed E-state index contributed by atoms with van der Waals surface area (Å²) in [7, 11) is 0. The molecular weight excluding hydrogens is 402 g/mol. The van der Waals surface area contributed by atoms with Crippen molar-refractivity contribution in [3.8, 4) is 11.5 Å². The van der Waals surface area contributed by atoms with Crippen LogP contribution in [-0.4, -0.2) is 30.0 Å². The Morgan fingerprint density at radius 1 is 1.00 bits per heavy atom. The number of hydrogen-bond donors (Lipinski definition) is 2. The monoisotopic (exact) mass is 421 g/mol. The summed E-state index contributed by atoms with van der Waals surface area (Å²) in [6, 6.07) is 14.4. The Morgan fingerprint density at radius 2 is 1.80 bits per heavy atom. The van der Waals surface area contributed by atoms with Crippen molar-refractivity contribution in [2.75, 3.05) is 23.8 Å². The van der Waals surface area contributed by atoms with Gasteiger partial charge in [0.05, 0.1) is 11.6 Å². The summed E-state index contributed by atoms with van der Waals surface area (Å²) in [5.74, 6) is 0.648. The van der Waals surface area contributed by atoms with Crippen molar-refractivity contribution < 1.29 is 19.1 Å². The minimum atomic E-state index is -0.341. The molecule has 0 saturated heterocycles. The first-order chi connectivity index (χ1) is 14.7. The number of aromatic nitrogens is 1. The summed E-state index contributed by atoms with van der Waals surface area (Å²) >= 11 is 1.43. The summed E-state index contributed by atoms with van der Waals surface area (Å²) in [6.45, 7) is 1.02. The molecule has 1 aliphatic heterocycles. The van der Waals surface area contributed by atoms with Crippen LogP contribution < -0.4 is 20.1 Å². The number of nitrogens with zero attached hydrogens (tertiary/aromatic N) is 1. The maximum Gasteiger partial charge on any atom is 0.257 e. The number of rotatable bonds is 4. The zero-order valence-electron chi connectivity index (χ0n) is 16.0. The summed E-state index contributed by atoms with van der Waals surface area (Å²) in [5.41, 5.74) is 1.98. The first-order valence-corrected chi connectivity index (χ1v) is 10.6. The van der Waals surface area contributed by atoms with E-state index in [0.29, 0.717) is 47.5 Å². The van der Waals surface area contributed by atoms with Gasteiger partial charge in [0, 0.05) is 22.2 Å². The predicted molar refractivity (Wildman–Crippen MR) is 114 cm³/mol. The molecule has 2 amide bonds. The van der Waals surface area contributed by atoms with Crippen molar-refractivity contribution in [2.24, 2.45) is 0 Å². The van der Waals surface area contributed by atoms with Gasteiger partial charge >= 0.3 is 0 Å². The Labute approximate surface area is 177 Å². The summed E-state index contributed by atoms with van der Waals surface area (Å²) < 4.78 is 11.1. The summed E-state index contributed by atoms with van der Waals surface area (Å²) in [5, 5.41) is 6.31. The lowest BCUT2D eigenvalue weighted by molar-refractivity contribution is -0.117. The van der Waals surface area contributed by atoms with E-state index in [1.165, 1.54) is 11.3 Å². The van der Waals surface area contributed by atoms with E-state index in [1.54, 1.807) is 30.3 Å². The SMILES string of the molecule is O=C(Nc1nc2c(s1)CC[C@@H]2C(=O)Nc1ccc2c(c1)OCCO2)c1ccccc1. The molecule has 2 N–H and O–H groups in total. The molecular formula is C22H19N3O4S. The van der Waals surface area contributed by atoms with E-state index in [2.05, 4.69) is 15.6 Å². The van der Waals surface area contributed by atoms with Crippen LogP contribution in [0.1, 0.15) is 33.3 Å². The average Bonchev–Trinajstić information content (AvgIpc) is 3.34. The number of benzene rings is 2. The molecule has 152 valence electrons. The molecule has 1 aliphatic carbocycles. The van der Waals surface area contributed by atoms with Crippen LogP contribution in [0.3, 0.4) is 0 Å². The molecule has 0 spiro atoms. The molecule has 0 saturated carbocycles. The molecule has 2 aliphatic rings. The van der Waals surface area contributed by atoms with Gasteiger partial charge in [0.25, 0.3) is 5.91 Å². The second-order valence-corrected chi connectivity index (χ2v) is 8.17. The number of amides is 2. The highest BCUT2D eigenvalue weighted by molar-refractivity contribution is 7.16. The van der Waals surface area contributed by atoms with Gasteiger partial charge in [-0.05, 0) is 37.1 Å². The third kappa shape index (κ3) is 3.61. The van der Waals surface area contributed by atoms with Gasteiger partial charge < -0.3 is 14.8 Å². The Bertz CT molecular complexity index is 1110. The van der Waals surface area contributed by atoms with E-state index < -0.39 is 0 Å². The van der Waals surface area contributed by atoms with E-state index in [4.69, 9.17) is 9.47 Å². The molecule has 1 aromatic heterocycles. The largest absolute Gasteiger partial charge is 0.486 e. The molecule has 1 atom stereocenters. The third-order valence-electron chi connectivity index (χ3n) is 5.10. The number of aryl methyl sites for hydroxylation is 1. The number of thiazole rings is 1. The maximum absolute atomic E-state index is 12.9. The van der Waals surface area contributed by atoms with Crippen molar-refractivity contribution in [1.82, 2.24) is 4.98 Å². The van der Waals surface area contributed by atoms with Crippen molar-refractivity contribution in [2.45, 2.75) is 18.8 Å². The minimum Gasteiger partial charge on any atom is -0.486 e. The van der Waals surface area contributed by atoms with Gasteiger partial charge in [-0.15, -0.1) is 11.3 Å². The quantitative estimate of drug-likeness (QED) is 0.668. The van der Waals surface area contributed by atoms with E-state index in [1.807, 2.05) is 18.2 Å². The highest BCUT2D eigenvalue weighted by Crippen LogP contribution is 2.39. The molecule has 0 radical (unpaired) electrons. The van der Waals surface area contributed by atoms with Gasteiger partial charge in [-0.25, -0.2) is 4.98 Å². The molecule has 7 nitrogen and oxygen atoms in total. The number of carbonyl (C=O) groups excluding carboxylic acids is 2. The zero-order chi connectivity index (χ0) is 20.5. The molecule has 0 bridgehead atoms. The fourth-order valence-corrected chi connectivity index (χ4v) is 4.68. The van der Waals surface area contributed by atoms with Gasteiger partial charge in [0.2, 0.25) is 5.91 Å². The van der Waals surface area contributed by atoms with Crippen LogP contribution in [0.15, 0.2) is 48.5 Å². The molecule has 2 heterocycles. The van der Waals surface area contributed by atoms with Crippen molar-refractivity contribution in [3.05, 3.63) is 64.7 Å². The molecule has 2 aromatic carbocycles. The fourth-order valence-electron chi connectivity index (χ4n) is 3.65. The van der Waals surface area contributed by atoms with Gasteiger partial charge in [0.1, 0.15) is 13.2 Å². The zero-order valence-corrected chi connectivity index (χ0v) is 16.8. The lowest BCUT2D eigenvalue weighted by atomic mass is 10.1. The van der Waals surface area contributed by atoms with Crippen LogP contribution in [0, 0.1) is 0 Å². The summed E-state index contributed by atoms with van der Waals surface area (Å²) in [4.78, 5) is 30.9. The first kappa shape index (κ1) is 18.6. The van der Waals surface area contributed by atoms with E-state index >= 15 is 0 Å². The molecule has 0 unspecified atom stereocenters. The number of carbonyl (C=O) groups is 2. The molecule has 5 rings (SSSR count). The van der Waals surface area contributed by atoms with Crippen LogP contribution in [-0.2, 0) is 11.2 Å². The number of fused-ring (bicyclic) bond motifs is 2. The third-order valence-corrected chi connectivity index (χ3v) is 6.15. The Kier molecular flexibility index (Phi) is 4.84.